The second-order valence-electron chi connectivity index (χ2n) is 16.2. The quantitative estimate of drug-likeness (QED) is 0.169. The maximum atomic E-state index is 6.75. The molecule has 0 spiro atoms. The maximum absolute atomic E-state index is 6.75. The van der Waals surface area contributed by atoms with E-state index < -0.39 is 0 Å². The molecule has 3 heteroatoms. The van der Waals surface area contributed by atoms with Gasteiger partial charge in [-0.15, -0.1) is 0 Å². The van der Waals surface area contributed by atoms with E-state index in [0.29, 0.717) is 0 Å². The van der Waals surface area contributed by atoms with Crippen LogP contribution in [0.25, 0.3) is 120 Å². The average molecular weight is 753 g/mol. The third-order valence-electron chi connectivity index (χ3n) is 13.2. The fourth-order valence-electron chi connectivity index (χ4n) is 10.5. The predicted octanol–water partition coefficient (Wildman–Crippen LogP) is 15.5. The second kappa shape index (κ2) is 11.5. The first-order valence-electron chi connectivity index (χ1n) is 20.4. The van der Waals surface area contributed by atoms with Gasteiger partial charge in [0.1, 0.15) is 34.2 Å². The van der Waals surface area contributed by atoms with Crippen molar-refractivity contribution in [2.75, 3.05) is 0 Å². The van der Waals surface area contributed by atoms with Gasteiger partial charge in [0.25, 0.3) is 0 Å². The van der Waals surface area contributed by atoms with Crippen LogP contribution in [-0.2, 0) is 0 Å². The summed E-state index contributed by atoms with van der Waals surface area (Å²) in [6.07, 6.45) is 8.71. The summed E-state index contributed by atoms with van der Waals surface area (Å²) in [6.45, 7) is 0. The van der Waals surface area contributed by atoms with Gasteiger partial charge in [0.05, 0.1) is 0 Å². The minimum atomic E-state index is 0.0279. The largest absolute Gasteiger partial charge is 0.485 e. The van der Waals surface area contributed by atoms with Gasteiger partial charge in [0, 0.05) is 38.4 Å². The Balaban J connectivity index is 1.10. The Bertz CT molecular complexity index is 3840. The molecule has 3 nitrogen and oxygen atoms in total. The van der Waals surface area contributed by atoms with E-state index in [9.17, 15) is 0 Å². The molecule has 3 heterocycles. The van der Waals surface area contributed by atoms with Crippen molar-refractivity contribution in [1.29, 1.82) is 0 Å². The molecule has 14 rings (SSSR count). The number of furan rings is 2. The number of hydrogen-bond acceptors (Lipinski definition) is 3. The fraction of sp³-hybridized carbons (Fsp3) is 0.0357. The molecular formula is C56H32O3. The Kier molecular flexibility index (Phi) is 6.13. The Morgan fingerprint density at radius 1 is 0.373 bits per heavy atom. The van der Waals surface area contributed by atoms with Gasteiger partial charge >= 0.3 is 0 Å². The molecule has 2 aliphatic rings. The number of rotatable bonds is 3. The van der Waals surface area contributed by atoms with Crippen molar-refractivity contribution < 1.29 is 13.6 Å². The zero-order chi connectivity index (χ0) is 38.3. The van der Waals surface area contributed by atoms with Crippen LogP contribution in [0.5, 0.6) is 5.75 Å². The van der Waals surface area contributed by atoms with Crippen LogP contribution in [0.4, 0.5) is 0 Å². The molecule has 2 unspecified atom stereocenters. The van der Waals surface area contributed by atoms with Crippen molar-refractivity contribution in [2.45, 2.75) is 12.0 Å². The van der Waals surface area contributed by atoms with E-state index in [1.54, 1.807) is 0 Å². The summed E-state index contributed by atoms with van der Waals surface area (Å²) in [7, 11) is 0. The van der Waals surface area contributed by atoms with Crippen LogP contribution in [0.15, 0.2) is 191 Å². The number of hydrogen-bond donors (Lipinski definition) is 0. The molecule has 0 N–H and O–H groups in total. The maximum Gasteiger partial charge on any atom is 0.143 e. The van der Waals surface area contributed by atoms with Crippen molar-refractivity contribution in [1.82, 2.24) is 0 Å². The van der Waals surface area contributed by atoms with E-state index in [2.05, 4.69) is 170 Å². The molecular weight excluding hydrogens is 721 g/mol. The summed E-state index contributed by atoms with van der Waals surface area (Å²) in [5, 5.41) is 14.3. The first kappa shape index (κ1) is 31.5. The molecule has 0 saturated carbocycles. The lowest BCUT2D eigenvalue weighted by Gasteiger charge is -2.20. The zero-order valence-electron chi connectivity index (χ0n) is 31.7. The van der Waals surface area contributed by atoms with Crippen molar-refractivity contribution in [2.24, 2.45) is 0 Å². The van der Waals surface area contributed by atoms with Crippen LogP contribution in [0.3, 0.4) is 0 Å². The van der Waals surface area contributed by atoms with Gasteiger partial charge < -0.3 is 13.6 Å². The summed E-state index contributed by atoms with van der Waals surface area (Å²) in [6, 6.07) is 57.6. The van der Waals surface area contributed by atoms with Crippen LogP contribution in [0, 0.1) is 0 Å². The van der Waals surface area contributed by atoms with Gasteiger partial charge in [-0.2, -0.15) is 0 Å². The molecule has 0 radical (unpaired) electrons. The number of fused-ring (bicyclic) bond motifs is 11. The highest BCUT2D eigenvalue weighted by molar-refractivity contribution is 6.32. The smallest absolute Gasteiger partial charge is 0.143 e. The van der Waals surface area contributed by atoms with Crippen molar-refractivity contribution >= 4 is 87.0 Å². The van der Waals surface area contributed by atoms with Crippen LogP contribution in [0.1, 0.15) is 11.5 Å². The first-order valence-corrected chi connectivity index (χ1v) is 20.4. The van der Waals surface area contributed by atoms with E-state index in [4.69, 9.17) is 13.6 Å². The first-order chi connectivity index (χ1) is 29.2. The van der Waals surface area contributed by atoms with E-state index in [0.717, 1.165) is 60.4 Å². The van der Waals surface area contributed by atoms with E-state index in [1.165, 1.54) is 71.3 Å². The molecule has 59 heavy (non-hydrogen) atoms. The van der Waals surface area contributed by atoms with Crippen LogP contribution < -0.4 is 4.74 Å². The number of ether oxygens (including phenoxy) is 1. The number of para-hydroxylation sites is 2. The summed E-state index contributed by atoms with van der Waals surface area (Å²) in [4.78, 5) is 0. The Morgan fingerprint density at radius 3 is 1.98 bits per heavy atom. The van der Waals surface area contributed by atoms with E-state index in [1.807, 2.05) is 12.1 Å². The highest BCUT2D eigenvalue weighted by Gasteiger charge is 2.32. The van der Waals surface area contributed by atoms with Crippen LogP contribution in [-0.4, -0.2) is 6.10 Å². The second-order valence-corrected chi connectivity index (χ2v) is 16.2. The topological polar surface area (TPSA) is 35.5 Å². The van der Waals surface area contributed by atoms with Gasteiger partial charge in [0.2, 0.25) is 0 Å². The van der Waals surface area contributed by atoms with E-state index >= 15 is 0 Å². The summed E-state index contributed by atoms with van der Waals surface area (Å²) in [5.74, 6) is 1.16. The van der Waals surface area contributed by atoms with Crippen molar-refractivity contribution in [3.63, 3.8) is 0 Å². The number of allylic oxidation sites excluding steroid dienone is 2. The highest BCUT2D eigenvalue weighted by Crippen LogP contribution is 2.51. The van der Waals surface area contributed by atoms with Crippen molar-refractivity contribution in [3.05, 3.63) is 188 Å². The molecule has 12 aromatic rings. The molecule has 0 fully saturated rings. The Morgan fingerprint density at radius 2 is 1.07 bits per heavy atom. The van der Waals surface area contributed by atoms with Gasteiger partial charge in [-0.1, -0.05) is 127 Å². The predicted molar refractivity (Wildman–Crippen MR) is 244 cm³/mol. The summed E-state index contributed by atoms with van der Waals surface area (Å²) in [5.41, 5.74) is 12.0. The molecule has 10 aromatic carbocycles. The highest BCUT2D eigenvalue weighted by atomic mass is 16.5. The third-order valence-corrected chi connectivity index (χ3v) is 13.2. The average Bonchev–Trinajstić information content (AvgIpc) is 3.99. The monoisotopic (exact) mass is 752 g/mol. The molecule has 2 aromatic heterocycles. The molecule has 0 saturated heterocycles. The summed E-state index contributed by atoms with van der Waals surface area (Å²) >= 11 is 0. The zero-order valence-corrected chi connectivity index (χ0v) is 31.7. The third kappa shape index (κ3) is 4.31. The standard InChI is InChI=1S/C56H32O3/c1-2-10-36-32(9-1)29-47(55-42-13-5-8-16-50(42)59-56(36)55)44-30-43(34-20-26-52-46(28-34)38-12-4-7-15-49(38)58-52)40-22-18-31-17-21-35(39-23-24-41(44)54(40)53(31)39)33-19-25-51-45(27-33)37-11-3-6-14-48(37)57-51/h1-30,38,49H. The Labute approximate surface area is 338 Å². The molecule has 2 atom stereocenters. The molecule has 0 amide bonds. The van der Waals surface area contributed by atoms with Gasteiger partial charge in [-0.05, 0) is 126 Å². The molecule has 1 aliphatic heterocycles. The molecule has 274 valence electrons. The minimum absolute atomic E-state index is 0.0279. The van der Waals surface area contributed by atoms with Crippen LogP contribution in [0.2, 0.25) is 0 Å². The lowest BCUT2D eigenvalue weighted by atomic mass is 9.82. The normalized spacial score (nSPS) is 16.1. The fourth-order valence-corrected chi connectivity index (χ4v) is 10.5. The summed E-state index contributed by atoms with van der Waals surface area (Å²) < 4.78 is 19.4. The molecule has 0 bridgehead atoms. The van der Waals surface area contributed by atoms with Crippen LogP contribution >= 0.6 is 0 Å². The van der Waals surface area contributed by atoms with Gasteiger partial charge in [0.15, 0.2) is 0 Å². The lowest BCUT2D eigenvalue weighted by Crippen LogP contribution is -2.15. The molecule has 1 aliphatic carbocycles. The Hall–Kier alpha value is -7.62. The number of benzene rings is 10. The van der Waals surface area contributed by atoms with Gasteiger partial charge in [-0.25, -0.2) is 0 Å². The van der Waals surface area contributed by atoms with Crippen molar-refractivity contribution in [3.8, 4) is 39.1 Å². The minimum Gasteiger partial charge on any atom is -0.485 e. The van der Waals surface area contributed by atoms with E-state index in [-0.39, 0.29) is 12.0 Å². The SMILES string of the molecule is C1=CC2Oc3ccc(-c4cc(-c5cc6ccccc6c6oc7ccccc7c56)c5ccc6c(-c7ccc8oc9ccccc9c8c7)ccc7ccc4c5c76)cc3C2C=C1. The lowest BCUT2D eigenvalue weighted by molar-refractivity contribution is 0.269. The van der Waals surface area contributed by atoms with Gasteiger partial charge in [-0.3, -0.25) is 0 Å².